The molecule has 0 atom stereocenters. The van der Waals surface area contributed by atoms with Crippen LogP contribution in [-0.2, 0) is 31.0 Å². The number of likely N-dealkylation sites (tertiary alicyclic amines) is 4. The lowest BCUT2D eigenvalue weighted by molar-refractivity contribution is -0.112. The standard InChI is InChI=1S/C43H61N5O3/c49-41-7-15-47(16-8-41)31-37-21-33(19-35(23-37)29-45-11-3-1-4-12-45)25-39-27-44-28-40(43(39)51)26-34-20-36(30-46-13-5-2-6-14-46)24-38(22-34)32-48-17-9-42(50)10-18-48/h19-26,41-42,44,49-50H,1-18,27-32H2. The molecule has 0 saturated carbocycles. The molecule has 276 valence electrons. The maximum Gasteiger partial charge on any atom is 0.187 e. The van der Waals surface area contributed by atoms with E-state index in [1.54, 1.807) is 0 Å². The molecular weight excluding hydrogens is 635 g/mol. The zero-order chi connectivity index (χ0) is 35.0. The summed E-state index contributed by atoms with van der Waals surface area (Å²) in [6, 6.07) is 13.9. The second-order valence-electron chi connectivity index (χ2n) is 16.1. The Morgan fingerprint density at radius 3 is 1.20 bits per heavy atom. The lowest BCUT2D eigenvalue weighted by atomic mass is 9.93. The molecule has 8 heteroatoms. The first-order chi connectivity index (χ1) is 24.9. The van der Waals surface area contributed by atoms with E-state index >= 15 is 0 Å². The van der Waals surface area contributed by atoms with Crippen LogP contribution in [0.1, 0.15) is 97.6 Å². The van der Waals surface area contributed by atoms with Crippen molar-refractivity contribution in [3.05, 3.63) is 80.9 Å². The number of hydrogen-bond donors (Lipinski definition) is 3. The van der Waals surface area contributed by atoms with Crippen LogP contribution in [0.2, 0.25) is 0 Å². The molecule has 0 aromatic heterocycles. The van der Waals surface area contributed by atoms with E-state index in [4.69, 9.17) is 0 Å². The van der Waals surface area contributed by atoms with E-state index in [2.05, 4.69) is 73.5 Å². The van der Waals surface area contributed by atoms with Gasteiger partial charge in [0.15, 0.2) is 5.78 Å². The van der Waals surface area contributed by atoms with Gasteiger partial charge in [-0.1, -0.05) is 49.2 Å². The maximum atomic E-state index is 14.1. The van der Waals surface area contributed by atoms with Crippen molar-refractivity contribution in [2.75, 3.05) is 65.4 Å². The predicted octanol–water partition coefficient (Wildman–Crippen LogP) is 5.21. The lowest BCUT2D eigenvalue weighted by Gasteiger charge is -2.30. The third-order valence-electron chi connectivity index (χ3n) is 11.7. The Balaban J connectivity index is 1.12. The minimum absolute atomic E-state index is 0.148. The van der Waals surface area contributed by atoms with E-state index in [0.717, 1.165) is 126 Å². The molecule has 51 heavy (non-hydrogen) atoms. The SMILES string of the molecule is O=C1C(=Cc2cc(CN3CCCCC3)cc(CN3CCC(O)CC3)c2)CNCC1=Cc1cc(CN2CCCCC2)cc(CN2CCC(O)CC2)c1. The van der Waals surface area contributed by atoms with Crippen LogP contribution in [0, 0.1) is 0 Å². The second kappa shape index (κ2) is 17.9. The molecule has 0 aliphatic carbocycles. The topological polar surface area (TPSA) is 82.5 Å². The number of nitrogens with zero attached hydrogens (tertiary/aromatic N) is 4. The van der Waals surface area contributed by atoms with Crippen LogP contribution in [0.25, 0.3) is 12.2 Å². The Morgan fingerprint density at radius 1 is 0.510 bits per heavy atom. The zero-order valence-corrected chi connectivity index (χ0v) is 30.8. The lowest BCUT2D eigenvalue weighted by Crippen LogP contribution is -2.35. The van der Waals surface area contributed by atoms with E-state index in [0.29, 0.717) is 13.1 Å². The van der Waals surface area contributed by atoms with Gasteiger partial charge in [-0.3, -0.25) is 24.4 Å². The van der Waals surface area contributed by atoms with E-state index in [9.17, 15) is 15.0 Å². The van der Waals surface area contributed by atoms with Crippen molar-refractivity contribution in [2.45, 2.75) is 103 Å². The number of carbonyl (C=O) groups is 1. The van der Waals surface area contributed by atoms with Gasteiger partial charge in [-0.25, -0.2) is 0 Å². The Bertz CT molecular complexity index is 1410. The molecule has 0 unspecified atom stereocenters. The van der Waals surface area contributed by atoms with Gasteiger partial charge >= 0.3 is 0 Å². The van der Waals surface area contributed by atoms with Gasteiger partial charge in [0.05, 0.1) is 12.2 Å². The molecule has 0 amide bonds. The van der Waals surface area contributed by atoms with E-state index in [-0.39, 0.29) is 18.0 Å². The molecule has 8 nitrogen and oxygen atoms in total. The normalized spacial score (nSPS) is 24.5. The number of Topliss-reactive ketones (excluding diaryl/α,β-unsaturated/α-hetero) is 1. The highest BCUT2D eigenvalue weighted by Crippen LogP contribution is 2.25. The van der Waals surface area contributed by atoms with Crippen LogP contribution in [0.4, 0.5) is 0 Å². The molecule has 5 heterocycles. The van der Waals surface area contributed by atoms with Crippen molar-refractivity contribution < 1.29 is 15.0 Å². The molecule has 5 aliphatic heterocycles. The van der Waals surface area contributed by atoms with Crippen molar-refractivity contribution >= 4 is 17.9 Å². The maximum absolute atomic E-state index is 14.1. The average molecular weight is 696 g/mol. The number of nitrogens with one attached hydrogen (secondary N) is 1. The average Bonchev–Trinajstić information content (AvgIpc) is 3.13. The van der Waals surface area contributed by atoms with Gasteiger partial charge in [0, 0.05) is 76.6 Å². The van der Waals surface area contributed by atoms with Crippen molar-refractivity contribution in [3.8, 4) is 0 Å². The number of hydrogen-bond acceptors (Lipinski definition) is 8. The third kappa shape index (κ3) is 10.7. The molecule has 3 N–H and O–H groups in total. The molecule has 0 radical (unpaired) electrons. The summed E-state index contributed by atoms with van der Waals surface area (Å²) in [7, 11) is 0. The van der Waals surface area contributed by atoms with Gasteiger partial charge in [0.2, 0.25) is 0 Å². The second-order valence-corrected chi connectivity index (χ2v) is 16.1. The Kier molecular flexibility index (Phi) is 12.9. The van der Waals surface area contributed by atoms with E-state index in [1.165, 1.54) is 60.8 Å². The monoisotopic (exact) mass is 695 g/mol. The van der Waals surface area contributed by atoms with Crippen LogP contribution in [0.3, 0.4) is 0 Å². The fourth-order valence-corrected chi connectivity index (χ4v) is 8.87. The first-order valence-electron chi connectivity index (χ1n) is 20.1. The molecule has 5 saturated heterocycles. The summed E-state index contributed by atoms with van der Waals surface area (Å²) in [6.45, 7) is 13.1. The van der Waals surface area contributed by atoms with E-state index < -0.39 is 0 Å². The summed E-state index contributed by atoms with van der Waals surface area (Å²) in [6.07, 6.45) is 15.0. The molecule has 5 aliphatic rings. The summed E-state index contributed by atoms with van der Waals surface area (Å²) in [5.41, 5.74) is 9.11. The highest BCUT2D eigenvalue weighted by molar-refractivity contribution is 6.14. The summed E-state index contributed by atoms with van der Waals surface area (Å²) >= 11 is 0. The summed E-state index contributed by atoms with van der Waals surface area (Å²) in [4.78, 5) is 24.2. The summed E-state index contributed by atoms with van der Waals surface area (Å²) < 4.78 is 0. The highest BCUT2D eigenvalue weighted by Gasteiger charge is 2.23. The third-order valence-corrected chi connectivity index (χ3v) is 11.7. The van der Waals surface area contributed by atoms with Gasteiger partial charge in [0.1, 0.15) is 0 Å². The number of aliphatic hydroxyl groups excluding tert-OH is 2. The van der Waals surface area contributed by atoms with Crippen LogP contribution >= 0.6 is 0 Å². The van der Waals surface area contributed by atoms with Gasteiger partial charge in [-0.15, -0.1) is 0 Å². The molecule has 0 spiro atoms. The van der Waals surface area contributed by atoms with Crippen molar-refractivity contribution in [1.29, 1.82) is 0 Å². The van der Waals surface area contributed by atoms with Crippen LogP contribution in [0.5, 0.6) is 0 Å². The Labute approximate surface area is 306 Å². The summed E-state index contributed by atoms with van der Waals surface area (Å²) in [5.74, 6) is 0.148. The molecular formula is C43H61N5O3. The minimum Gasteiger partial charge on any atom is -0.393 e. The molecule has 2 aromatic carbocycles. The highest BCUT2D eigenvalue weighted by atomic mass is 16.3. The number of carbonyl (C=O) groups excluding carboxylic acids is 1. The van der Waals surface area contributed by atoms with Gasteiger partial charge < -0.3 is 15.5 Å². The van der Waals surface area contributed by atoms with Gasteiger partial charge in [-0.05, 0) is 123 Å². The number of ketones is 1. The fraction of sp³-hybridized carbons (Fsp3) is 0.605. The van der Waals surface area contributed by atoms with Crippen molar-refractivity contribution in [2.24, 2.45) is 0 Å². The Morgan fingerprint density at radius 2 is 0.843 bits per heavy atom. The van der Waals surface area contributed by atoms with Crippen LogP contribution < -0.4 is 5.32 Å². The minimum atomic E-state index is -0.174. The predicted molar refractivity (Wildman–Crippen MR) is 206 cm³/mol. The van der Waals surface area contributed by atoms with Crippen LogP contribution in [0.15, 0.2) is 47.5 Å². The van der Waals surface area contributed by atoms with Crippen molar-refractivity contribution in [1.82, 2.24) is 24.9 Å². The smallest absolute Gasteiger partial charge is 0.187 e. The van der Waals surface area contributed by atoms with Gasteiger partial charge in [0.25, 0.3) is 0 Å². The number of rotatable bonds is 10. The number of benzene rings is 2. The van der Waals surface area contributed by atoms with Crippen LogP contribution in [-0.4, -0.2) is 113 Å². The first-order valence-corrected chi connectivity index (χ1v) is 20.1. The van der Waals surface area contributed by atoms with E-state index in [1.807, 2.05) is 0 Å². The summed E-state index contributed by atoms with van der Waals surface area (Å²) in [5, 5.41) is 23.7. The number of piperidine rings is 5. The zero-order valence-electron chi connectivity index (χ0n) is 30.8. The van der Waals surface area contributed by atoms with Crippen molar-refractivity contribution in [3.63, 3.8) is 0 Å². The number of aliphatic hydroxyl groups is 2. The quantitative estimate of drug-likeness (QED) is 0.293. The Hall–Kier alpha value is -2.69. The molecule has 0 bridgehead atoms. The largest absolute Gasteiger partial charge is 0.393 e. The molecule has 5 fully saturated rings. The molecule has 2 aromatic rings. The van der Waals surface area contributed by atoms with Gasteiger partial charge in [-0.2, -0.15) is 0 Å². The first kappa shape index (κ1) is 36.7. The fourth-order valence-electron chi connectivity index (χ4n) is 8.87. The molecule has 7 rings (SSSR count).